The van der Waals surface area contributed by atoms with Crippen molar-refractivity contribution in [1.29, 1.82) is 0 Å². The standard InChI is InChI=1S/C16H13Cl2N3O2S/c1-7-9(17)5-4-6-10(7)19-13-11-8(2)12(15(22)23-3)24-14(11)21-16(18)20-13/h4-6H,1-3H3,(H,19,20,21). The Morgan fingerprint density at radius 2 is 1.96 bits per heavy atom. The number of esters is 1. The molecule has 3 aromatic rings. The molecular weight excluding hydrogens is 369 g/mol. The summed E-state index contributed by atoms with van der Waals surface area (Å²) in [7, 11) is 1.35. The summed E-state index contributed by atoms with van der Waals surface area (Å²) in [6.45, 7) is 3.74. The van der Waals surface area contributed by atoms with Crippen LogP contribution in [0.15, 0.2) is 18.2 Å². The third kappa shape index (κ3) is 2.92. The number of rotatable bonds is 3. The van der Waals surface area contributed by atoms with Gasteiger partial charge in [0, 0.05) is 10.7 Å². The minimum atomic E-state index is -0.406. The molecule has 124 valence electrons. The van der Waals surface area contributed by atoms with E-state index in [0.29, 0.717) is 20.5 Å². The van der Waals surface area contributed by atoms with Crippen molar-refractivity contribution in [1.82, 2.24) is 9.97 Å². The molecule has 0 spiro atoms. The first-order valence-electron chi connectivity index (χ1n) is 6.99. The van der Waals surface area contributed by atoms with Crippen LogP contribution in [-0.2, 0) is 4.74 Å². The van der Waals surface area contributed by atoms with E-state index in [1.807, 2.05) is 32.0 Å². The zero-order valence-corrected chi connectivity index (χ0v) is 15.4. The van der Waals surface area contributed by atoms with Gasteiger partial charge in [0.25, 0.3) is 0 Å². The largest absolute Gasteiger partial charge is 0.465 e. The van der Waals surface area contributed by atoms with E-state index < -0.39 is 5.97 Å². The number of hydrogen-bond acceptors (Lipinski definition) is 6. The Labute approximate surface area is 152 Å². The Kier molecular flexibility index (Phi) is 4.62. The molecule has 2 aromatic heterocycles. The van der Waals surface area contributed by atoms with E-state index in [0.717, 1.165) is 22.2 Å². The van der Waals surface area contributed by atoms with Gasteiger partial charge in [0.05, 0.1) is 12.5 Å². The van der Waals surface area contributed by atoms with E-state index >= 15 is 0 Å². The van der Waals surface area contributed by atoms with Crippen LogP contribution in [-0.4, -0.2) is 23.0 Å². The first kappa shape index (κ1) is 17.0. The van der Waals surface area contributed by atoms with Gasteiger partial charge in [0.15, 0.2) is 0 Å². The highest BCUT2D eigenvalue weighted by Gasteiger charge is 2.21. The summed E-state index contributed by atoms with van der Waals surface area (Å²) in [4.78, 5) is 21.5. The van der Waals surface area contributed by atoms with Gasteiger partial charge in [-0.2, -0.15) is 4.98 Å². The van der Waals surface area contributed by atoms with E-state index in [1.165, 1.54) is 18.4 Å². The Morgan fingerprint density at radius 1 is 1.21 bits per heavy atom. The maximum atomic E-state index is 11.9. The van der Waals surface area contributed by atoms with Crippen molar-refractivity contribution in [2.45, 2.75) is 13.8 Å². The molecule has 8 heteroatoms. The first-order valence-corrected chi connectivity index (χ1v) is 8.56. The number of ether oxygens (including phenoxy) is 1. The highest BCUT2D eigenvalue weighted by atomic mass is 35.5. The number of carbonyl (C=O) groups is 1. The van der Waals surface area contributed by atoms with Crippen LogP contribution in [0.5, 0.6) is 0 Å². The topological polar surface area (TPSA) is 64.1 Å². The zero-order chi connectivity index (χ0) is 17.4. The van der Waals surface area contributed by atoms with Crippen LogP contribution in [0.1, 0.15) is 20.8 Å². The van der Waals surface area contributed by atoms with Gasteiger partial charge in [-0.05, 0) is 48.7 Å². The van der Waals surface area contributed by atoms with E-state index in [1.54, 1.807) is 0 Å². The molecule has 0 atom stereocenters. The quantitative estimate of drug-likeness (QED) is 0.502. The Morgan fingerprint density at radius 3 is 2.67 bits per heavy atom. The van der Waals surface area contributed by atoms with Crippen molar-refractivity contribution < 1.29 is 9.53 Å². The summed E-state index contributed by atoms with van der Waals surface area (Å²) in [5.74, 6) is 0.121. The van der Waals surface area contributed by atoms with E-state index in [-0.39, 0.29) is 5.28 Å². The van der Waals surface area contributed by atoms with Gasteiger partial charge >= 0.3 is 5.97 Å². The number of fused-ring (bicyclic) bond motifs is 1. The monoisotopic (exact) mass is 381 g/mol. The fraction of sp³-hybridized carbons (Fsp3) is 0.188. The average molecular weight is 382 g/mol. The Balaban J connectivity index is 2.18. The number of aryl methyl sites for hydroxylation is 1. The van der Waals surface area contributed by atoms with Crippen LogP contribution >= 0.6 is 34.5 Å². The minimum Gasteiger partial charge on any atom is -0.465 e. The van der Waals surface area contributed by atoms with Gasteiger partial charge in [0.1, 0.15) is 15.5 Å². The van der Waals surface area contributed by atoms with Crippen molar-refractivity contribution in [2.75, 3.05) is 12.4 Å². The second-order valence-electron chi connectivity index (χ2n) is 5.11. The molecule has 0 aliphatic carbocycles. The summed E-state index contributed by atoms with van der Waals surface area (Å²) in [5, 5.41) is 4.73. The van der Waals surface area contributed by atoms with Gasteiger partial charge in [-0.15, -0.1) is 11.3 Å². The number of hydrogen-bond donors (Lipinski definition) is 1. The third-order valence-electron chi connectivity index (χ3n) is 3.65. The molecule has 0 aliphatic heterocycles. The number of thiophene rings is 1. The van der Waals surface area contributed by atoms with E-state index in [2.05, 4.69) is 15.3 Å². The summed E-state index contributed by atoms with van der Waals surface area (Å²) in [6, 6.07) is 5.56. The average Bonchev–Trinajstić information content (AvgIpc) is 2.87. The molecule has 0 unspecified atom stereocenters. The van der Waals surface area contributed by atoms with Crippen molar-refractivity contribution in [3.05, 3.63) is 44.5 Å². The summed E-state index contributed by atoms with van der Waals surface area (Å²) < 4.78 is 4.82. The molecule has 0 saturated heterocycles. The van der Waals surface area contributed by atoms with Crippen LogP contribution in [0.3, 0.4) is 0 Å². The molecule has 1 N–H and O–H groups in total. The molecule has 3 rings (SSSR count). The van der Waals surface area contributed by atoms with Gasteiger partial charge in [-0.3, -0.25) is 0 Å². The fourth-order valence-electron chi connectivity index (χ4n) is 2.36. The minimum absolute atomic E-state index is 0.0994. The van der Waals surface area contributed by atoms with Gasteiger partial charge in [-0.1, -0.05) is 17.7 Å². The lowest BCUT2D eigenvalue weighted by Crippen LogP contribution is -2.01. The van der Waals surface area contributed by atoms with Crippen LogP contribution in [0.25, 0.3) is 10.2 Å². The number of benzene rings is 1. The van der Waals surface area contributed by atoms with Crippen molar-refractivity contribution in [2.24, 2.45) is 0 Å². The number of methoxy groups -OCH3 is 1. The molecule has 0 amide bonds. The molecule has 5 nitrogen and oxygen atoms in total. The van der Waals surface area contributed by atoms with Crippen molar-refractivity contribution in [3.63, 3.8) is 0 Å². The molecule has 1 aromatic carbocycles. The zero-order valence-electron chi connectivity index (χ0n) is 13.1. The van der Waals surface area contributed by atoms with Crippen LogP contribution in [0.2, 0.25) is 10.3 Å². The maximum absolute atomic E-state index is 11.9. The van der Waals surface area contributed by atoms with Gasteiger partial charge in [-0.25, -0.2) is 9.78 Å². The molecule has 0 radical (unpaired) electrons. The number of nitrogens with one attached hydrogen (secondary N) is 1. The fourth-order valence-corrected chi connectivity index (χ4v) is 3.85. The second-order valence-corrected chi connectivity index (χ2v) is 6.85. The molecule has 0 saturated carbocycles. The molecular formula is C16H13Cl2N3O2S. The number of anilines is 2. The van der Waals surface area contributed by atoms with Crippen molar-refractivity contribution in [3.8, 4) is 0 Å². The normalized spacial score (nSPS) is 10.9. The number of aromatic nitrogens is 2. The predicted molar refractivity (Wildman–Crippen MR) is 98.0 cm³/mol. The summed E-state index contributed by atoms with van der Waals surface area (Å²) in [5.41, 5.74) is 2.45. The lowest BCUT2D eigenvalue weighted by Gasteiger charge is -2.11. The van der Waals surface area contributed by atoms with E-state index in [9.17, 15) is 4.79 Å². The van der Waals surface area contributed by atoms with E-state index in [4.69, 9.17) is 27.9 Å². The smallest absolute Gasteiger partial charge is 0.348 e. The van der Waals surface area contributed by atoms with Gasteiger partial charge < -0.3 is 10.1 Å². The molecule has 0 bridgehead atoms. The highest BCUT2D eigenvalue weighted by molar-refractivity contribution is 7.20. The maximum Gasteiger partial charge on any atom is 0.348 e. The third-order valence-corrected chi connectivity index (χ3v) is 5.40. The predicted octanol–water partition coefficient (Wildman–Crippen LogP) is 5.15. The summed E-state index contributed by atoms with van der Waals surface area (Å²) in [6.07, 6.45) is 0. The molecule has 24 heavy (non-hydrogen) atoms. The summed E-state index contributed by atoms with van der Waals surface area (Å²) >= 11 is 13.4. The number of halogens is 2. The molecule has 2 heterocycles. The Bertz CT molecular complexity index is 956. The van der Waals surface area contributed by atoms with Crippen molar-refractivity contribution >= 4 is 62.2 Å². The number of nitrogens with zero attached hydrogens (tertiary/aromatic N) is 2. The van der Waals surface area contributed by atoms with Crippen LogP contribution < -0.4 is 5.32 Å². The SMILES string of the molecule is COC(=O)c1sc2nc(Cl)nc(Nc3cccc(Cl)c3C)c2c1C. The molecule has 0 aliphatic rings. The van der Waals surface area contributed by atoms with Gasteiger partial charge in [0.2, 0.25) is 5.28 Å². The number of carbonyl (C=O) groups excluding carboxylic acids is 1. The lowest BCUT2D eigenvalue weighted by molar-refractivity contribution is 0.0605. The Hall–Kier alpha value is -1.89. The van der Waals surface area contributed by atoms with Crippen LogP contribution in [0, 0.1) is 13.8 Å². The van der Waals surface area contributed by atoms with Crippen LogP contribution in [0.4, 0.5) is 11.5 Å². The lowest BCUT2D eigenvalue weighted by atomic mass is 10.1. The molecule has 0 fully saturated rings. The first-order chi connectivity index (χ1) is 11.4. The second kappa shape index (κ2) is 6.55. The highest BCUT2D eigenvalue weighted by Crippen LogP contribution is 2.37.